The van der Waals surface area contributed by atoms with Gasteiger partial charge in [0.2, 0.25) is 10.0 Å². The second kappa shape index (κ2) is 8.81. The monoisotopic (exact) mass is 406 g/mol. The summed E-state index contributed by atoms with van der Waals surface area (Å²) < 4.78 is 46.0. The maximum atomic E-state index is 13.0. The van der Waals surface area contributed by atoms with Crippen LogP contribution in [0.25, 0.3) is 0 Å². The molecule has 1 heterocycles. The van der Waals surface area contributed by atoms with Gasteiger partial charge in [-0.2, -0.15) is 0 Å². The van der Waals surface area contributed by atoms with E-state index in [1.807, 2.05) is 0 Å². The lowest BCUT2D eigenvalue weighted by Gasteiger charge is -2.18. The normalized spacial score (nSPS) is 16.9. The molecule has 1 N–H and O–H groups in total. The van der Waals surface area contributed by atoms with Crippen molar-refractivity contribution >= 4 is 15.9 Å². The molecule has 0 saturated carbocycles. The van der Waals surface area contributed by atoms with Crippen LogP contribution in [0.3, 0.4) is 0 Å². The van der Waals surface area contributed by atoms with Gasteiger partial charge in [0.15, 0.2) is 0 Å². The number of carbonyl (C=O) groups is 1. The quantitative estimate of drug-likeness (QED) is 0.767. The minimum Gasteiger partial charge on any atom is -0.377 e. The summed E-state index contributed by atoms with van der Waals surface area (Å²) in [5.41, 5.74) is 1.05. The Labute approximate surface area is 164 Å². The number of hydrogen-bond acceptors (Lipinski definition) is 4. The van der Waals surface area contributed by atoms with E-state index in [0.29, 0.717) is 6.61 Å². The molecule has 28 heavy (non-hydrogen) atoms. The number of rotatable bonds is 7. The molecule has 2 aromatic carbocycles. The number of carbonyl (C=O) groups excluding carboxylic acids is 1. The number of benzene rings is 2. The van der Waals surface area contributed by atoms with Gasteiger partial charge in [-0.15, -0.1) is 0 Å². The van der Waals surface area contributed by atoms with Crippen LogP contribution in [0.15, 0.2) is 53.4 Å². The number of hydrogen-bond donors (Lipinski definition) is 1. The van der Waals surface area contributed by atoms with Gasteiger partial charge in [0.1, 0.15) is 5.82 Å². The molecule has 150 valence electrons. The van der Waals surface area contributed by atoms with Gasteiger partial charge in [-0.1, -0.05) is 18.2 Å². The first kappa shape index (κ1) is 20.4. The van der Waals surface area contributed by atoms with Crippen LogP contribution in [0.1, 0.15) is 28.8 Å². The topological polar surface area (TPSA) is 75.7 Å². The van der Waals surface area contributed by atoms with E-state index in [9.17, 15) is 17.6 Å². The number of halogens is 1. The second-order valence-corrected chi connectivity index (χ2v) is 8.57. The molecule has 3 rings (SSSR count). The third-order valence-corrected chi connectivity index (χ3v) is 6.02. The maximum absolute atomic E-state index is 13.0. The molecule has 0 aromatic heterocycles. The van der Waals surface area contributed by atoms with E-state index in [-0.39, 0.29) is 41.4 Å². The summed E-state index contributed by atoms with van der Waals surface area (Å²) in [6, 6.07) is 11.8. The van der Waals surface area contributed by atoms with Gasteiger partial charge in [0.25, 0.3) is 5.91 Å². The largest absolute Gasteiger partial charge is 0.377 e. The molecule has 0 radical (unpaired) electrons. The number of nitrogens with one attached hydrogen (secondary N) is 1. The molecule has 8 heteroatoms. The van der Waals surface area contributed by atoms with Crippen molar-refractivity contribution < 1.29 is 22.3 Å². The Morgan fingerprint density at radius 3 is 2.68 bits per heavy atom. The lowest BCUT2D eigenvalue weighted by atomic mass is 10.1. The first-order chi connectivity index (χ1) is 13.3. The molecule has 1 unspecified atom stereocenters. The fourth-order valence-corrected chi connectivity index (χ4v) is 4.16. The van der Waals surface area contributed by atoms with Gasteiger partial charge in [0.05, 0.1) is 11.0 Å². The molecular formula is C20H23FN2O4S. The SMILES string of the molecule is CN(Cc1ccc(F)cc1)C(=O)c1cccc(S(=O)(=O)NCC2CCCO2)c1. The standard InChI is InChI=1S/C20H23FN2O4S/c1-23(14-15-7-9-17(21)10-8-15)20(24)16-4-2-6-19(12-16)28(25,26)22-13-18-5-3-11-27-18/h2,4,6-10,12,18,22H,3,5,11,13-14H2,1H3. The number of ether oxygens (including phenoxy) is 1. The lowest BCUT2D eigenvalue weighted by Crippen LogP contribution is -2.32. The summed E-state index contributed by atoms with van der Waals surface area (Å²) in [6.07, 6.45) is 1.65. The average Bonchev–Trinajstić information content (AvgIpc) is 3.21. The zero-order valence-electron chi connectivity index (χ0n) is 15.6. The van der Waals surface area contributed by atoms with Gasteiger partial charge >= 0.3 is 0 Å². The fraction of sp³-hybridized carbons (Fsp3) is 0.350. The number of sulfonamides is 1. The molecule has 1 aliphatic rings. The number of nitrogens with zero attached hydrogens (tertiary/aromatic N) is 1. The van der Waals surface area contributed by atoms with Crippen LogP contribution in [0, 0.1) is 5.82 Å². The van der Waals surface area contributed by atoms with E-state index in [2.05, 4.69) is 4.72 Å². The molecule has 2 aromatic rings. The summed E-state index contributed by atoms with van der Waals surface area (Å²) in [4.78, 5) is 14.2. The molecule has 0 bridgehead atoms. The van der Waals surface area contributed by atoms with Crippen LogP contribution in [0.2, 0.25) is 0 Å². The molecule has 0 spiro atoms. The van der Waals surface area contributed by atoms with Gasteiger partial charge < -0.3 is 9.64 Å². The van der Waals surface area contributed by atoms with E-state index in [1.54, 1.807) is 31.3 Å². The Morgan fingerprint density at radius 2 is 2.00 bits per heavy atom. The van der Waals surface area contributed by atoms with Gasteiger partial charge in [-0.3, -0.25) is 4.79 Å². The summed E-state index contributed by atoms with van der Waals surface area (Å²) in [5.74, 6) is -0.661. The molecule has 1 amide bonds. The van der Waals surface area contributed by atoms with E-state index < -0.39 is 10.0 Å². The first-order valence-corrected chi connectivity index (χ1v) is 10.5. The van der Waals surface area contributed by atoms with Crippen LogP contribution >= 0.6 is 0 Å². The first-order valence-electron chi connectivity index (χ1n) is 9.06. The van der Waals surface area contributed by atoms with E-state index >= 15 is 0 Å². The van der Waals surface area contributed by atoms with E-state index in [0.717, 1.165) is 18.4 Å². The van der Waals surface area contributed by atoms with Crippen molar-refractivity contribution in [1.29, 1.82) is 0 Å². The summed E-state index contributed by atoms with van der Waals surface area (Å²) in [5, 5.41) is 0. The van der Waals surface area contributed by atoms with Crippen molar-refractivity contribution in [2.45, 2.75) is 30.4 Å². The smallest absolute Gasteiger partial charge is 0.253 e. The van der Waals surface area contributed by atoms with Crippen molar-refractivity contribution in [3.8, 4) is 0 Å². The summed E-state index contributed by atoms with van der Waals surface area (Å²) in [7, 11) is -2.12. The predicted octanol–water partition coefficient (Wildman–Crippen LogP) is 2.56. The van der Waals surface area contributed by atoms with Crippen molar-refractivity contribution in [2.24, 2.45) is 0 Å². The Bertz CT molecular complexity index is 925. The van der Waals surface area contributed by atoms with E-state index in [1.165, 1.54) is 29.2 Å². The molecule has 1 atom stereocenters. The number of amides is 1. The minimum absolute atomic E-state index is 0.0338. The summed E-state index contributed by atoms with van der Waals surface area (Å²) in [6.45, 7) is 1.15. The second-order valence-electron chi connectivity index (χ2n) is 6.80. The van der Waals surface area contributed by atoms with Gasteiger partial charge in [-0.05, 0) is 48.7 Å². The molecule has 6 nitrogen and oxygen atoms in total. The minimum atomic E-state index is -3.74. The molecule has 0 aliphatic carbocycles. The molecule has 1 fully saturated rings. The third-order valence-electron chi connectivity index (χ3n) is 4.60. The van der Waals surface area contributed by atoms with Crippen LogP contribution in [0.5, 0.6) is 0 Å². The highest BCUT2D eigenvalue weighted by molar-refractivity contribution is 7.89. The zero-order chi connectivity index (χ0) is 20.1. The van der Waals surface area contributed by atoms with E-state index in [4.69, 9.17) is 4.74 Å². The summed E-state index contributed by atoms with van der Waals surface area (Å²) >= 11 is 0. The highest BCUT2D eigenvalue weighted by atomic mass is 32.2. The zero-order valence-corrected chi connectivity index (χ0v) is 16.4. The van der Waals surface area contributed by atoms with Crippen LogP contribution in [0.4, 0.5) is 4.39 Å². The van der Waals surface area contributed by atoms with Crippen molar-refractivity contribution in [3.63, 3.8) is 0 Å². The highest BCUT2D eigenvalue weighted by Crippen LogP contribution is 2.16. The molecule has 1 saturated heterocycles. The Hall–Kier alpha value is -2.29. The average molecular weight is 406 g/mol. The van der Waals surface area contributed by atoms with Crippen molar-refractivity contribution in [2.75, 3.05) is 20.2 Å². The fourth-order valence-electron chi connectivity index (χ4n) is 3.04. The van der Waals surface area contributed by atoms with Gasteiger partial charge in [0, 0.05) is 32.3 Å². The lowest BCUT2D eigenvalue weighted by molar-refractivity contribution is 0.0785. The van der Waals surface area contributed by atoms with Gasteiger partial charge in [-0.25, -0.2) is 17.5 Å². The molecular weight excluding hydrogens is 383 g/mol. The van der Waals surface area contributed by atoms with Crippen LogP contribution < -0.4 is 4.72 Å². The van der Waals surface area contributed by atoms with Crippen LogP contribution in [-0.2, 0) is 21.3 Å². The van der Waals surface area contributed by atoms with Crippen molar-refractivity contribution in [1.82, 2.24) is 9.62 Å². The molecule has 1 aliphatic heterocycles. The third kappa shape index (κ3) is 5.15. The Morgan fingerprint density at radius 1 is 1.25 bits per heavy atom. The Kier molecular flexibility index (Phi) is 6.43. The Balaban J connectivity index is 1.68. The van der Waals surface area contributed by atoms with Crippen LogP contribution in [-0.4, -0.2) is 45.5 Å². The maximum Gasteiger partial charge on any atom is 0.253 e. The highest BCUT2D eigenvalue weighted by Gasteiger charge is 2.21. The van der Waals surface area contributed by atoms with Crippen molar-refractivity contribution in [3.05, 3.63) is 65.5 Å². The predicted molar refractivity (Wildman–Crippen MR) is 103 cm³/mol.